The first-order chi connectivity index (χ1) is 3.85. The third kappa shape index (κ3) is 2.54. The molecular formula is C8H17N. The van der Waals surface area contributed by atoms with Crippen LogP contribution in [0.1, 0.15) is 27.7 Å². The number of nitrogens with two attached hydrogens (primary N) is 1. The lowest BCUT2D eigenvalue weighted by Crippen LogP contribution is -2.22. The van der Waals surface area contributed by atoms with E-state index in [-0.39, 0.29) is 5.41 Å². The van der Waals surface area contributed by atoms with Gasteiger partial charge in [-0.1, -0.05) is 34.3 Å². The molecule has 0 fully saturated rings. The Morgan fingerprint density at radius 1 is 1.44 bits per heavy atom. The van der Waals surface area contributed by atoms with Crippen molar-refractivity contribution in [2.24, 2.45) is 17.1 Å². The molecule has 1 unspecified atom stereocenters. The van der Waals surface area contributed by atoms with Gasteiger partial charge in [0.1, 0.15) is 0 Å². The van der Waals surface area contributed by atoms with Crippen LogP contribution in [0.25, 0.3) is 0 Å². The van der Waals surface area contributed by atoms with Crippen LogP contribution in [0.15, 0.2) is 12.3 Å². The van der Waals surface area contributed by atoms with E-state index >= 15 is 0 Å². The first-order valence-electron chi connectivity index (χ1n) is 3.30. The molecule has 54 valence electrons. The molecule has 0 heterocycles. The molecule has 2 N–H and O–H groups in total. The van der Waals surface area contributed by atoms with Gasteiger partial charge in [-0.15, -0.1) is 0 Å². The van der Waals surface area contributed by atoms with E-state index in [0.717, 1.165) is 5.70 Å². The molecule has 9 heavy (non-hydrogen) atoms. The van der Waals surface area contributed by atoms with Gasteiger partial charge >= 0.3 is 0 Å². The SMILES string of the molecule is C=C(N)C(C)C(C)(C)C. The van der Waals surface area contributed by atoms with Crippen LogP contribution < -0.4 is 5.73 Å². The second kappa shape index (κ2) is 2.42. The molecule has 0 aromatic heterocycles. The lowest BCUT2D eigenvalue weighted by molar-refractivity contribution is 0.299. The summed E-state index contributed by atoms with van der Waals surface area (Å²) < 4.78 is 0. The highest BCUT2D eigenvalue weighted by molar-refractivity contribution is 4.97. The summed E-state index contributed by atoms with van der Waals surface area (Å²) in [5, 5.41) is 0. The summed E-state index contributed by atoms with van der Waals surface area (Å²) in [6, 6.07) is 0. The Labute approximate surface area is 57.9 Å². The van der Waals surface area contributed by atoms with Crippen LogP contribution in [0.3, 0.4) is 0 Å². The number of rotatable bonds is 1. The zero-order chi connectivity index (χ0) is 7.65. The Balaban J connectivity index is 4.04. The molecule has 0 saturated heterocycles. The zero-order valence-electron chi connectivity index (χ0n) is 6.86. The summed E-state index contributed by atoms with van der Waals surface area (Å²) in [6.07, 6.45) is 0. The van der Waals surface area contributed by atoms with E-state index in [4.69, 9.17) is 5.73 Å². The van der Waals surface area contributed by atoms with Crippen molar-refractivity contribution in [2.45, 2.75) is 27.7 Å². The minimum absolute atomic E-state index is 0.256. The van der Waals surface area contributed by atoms with Crippen LogP contribution in [0.4, 0.5) is 0 Å². The maximum Gasteiger partial charge on any atom is 0.00415 e. The smallest absolute Gasteiger partial charge is 0.00415 e. The number of hydrogen-bond donors (Lipinski definition) is 1. The van der Waals surface area contributed by atoms with Crippen molar-refractivity contribution in [3.05, 3.63) is 12.3 Å². The average Bonchev–Trinajstić information content (AvgIpc) is 1.62. The number of allylic oxidation sites excluding steroid dienone is 1. The maximum atomic E-state index is 5.53. The Morgan fingerprint density at radius 3 is 1.78 bits per heavy atom. The summed E-state index contributed by atoms with van der Waals surface area (Å²) >= 11 is 0. The van der Waals surface area contributed by atoms with Gasteiger partial charge in [-0.2, -0.15) is 0 Å². The third-order valence-electron chi connectivity index (χ3n) is 1.86. The molecule has 0 amide bonds. The van der Waals surface area contributed by atoms with Crippen molar-refractivity contribution < 1.29 is 0 Å². The van der Waals surface area contributed by atoms with Gasteiger partial charge in [0.2, 0.25) is 0 Å². The number of hydrogen-bond acceptors (Lipinski definition) is 1. The first kappa shape index (κ1) is 8.54. The Bertz CT molecular complexity index is 108. The lowest BCUT2D eigenvalue weighted by Gasteiger charge is -2.26. The summed E-state index contributed by atoms with van der Waals surface area (Å²) in [5.41, 5.74) is 6.56. The molecule has 1 heteroatoms. The predicted molar refractivity (Wildman–Crippen MR) is 41.9 cm³/mol. The third-order valence-corrected chi connectivity index (χ3v) is 1.86. The van der Waals surface area contributed by atoms with Gasteiger partial charge < -0.3 is 5.73 Å². The van der Waals surface area contributed by atoms with Crippen LogP contribution in [-0.2, 0) is 0 Å². The van der Waals surface area contributed by atoms with E-state index in [1.807, 2.05) is 0 Å². The maximum absolute atomic E-state index is 5.53. The predicted octanol–water partition coefficient (Wildman–Crippen LogP) is 2.14. The van der Waals surface area contributed by atoms with Gasteiger partial charge in [0.15, 0.2) is 0 Å². The molecule has 0 rings (SSSR count). The summed E-state index contributed by atoms with van der Waals surface area (Å²) in [6.45, 7) is 12.3. The summed E-state index contributed by atoms with van der Waals surface area (Å²) in [5.74, 6) is 0.400. The highest BCUT2D eigenvalue weighted by atomic mass is 14.6. The fourth-order valence-electron chi connectivity index (χ4n) is 0.556. The average molecular weight is 127 g/mol. The van der Waals surface area contributed by atoms with Crippen LogP contribution >= 0.6 is 0 Å². The zero-order valence-corrected chi connectivity index (χ0v) is 6.86. The molecule has 0 bridgehead atoms. The topological polar surface area (TPSA) is 26.0 Å². The van der Waals surface area contributed by atoms with Crippen LogP contribution in [-0.4, -0.2) is 0 Å². The molecule has 0 aliphatic carbocycles. The second-order valence-corrected chi connectivity index (χ2v) is 3.66. The molecule has 0 aliphatic rings. The normalized spacial score (nSPS) is 15.1. The van der Waals surface area contributed by atoms with Crippen molar-refractivity contribution >= 4 is 0 Å². The summed E-state index contributed by atoms with van der Waals surface area (Å²) in [4.78, 5) is 0. The molecular weight excluding hydrogens is 110 g/mol. The van der Waals surface area contributed by atoms with E-state index in [1.54, 1.807) is 0 Å². The minimum Gasteiger partial charge on any atom is -0.402 e. The molecule has 1 atom stereocenters. The highest BCUT2D eigenvalue weighted by Crippen LogP contribution is 2.27. The highest BCUT2D eigenvalue weighted by Gasteiger charge is 2.20. The largest absolute Gasteiger partial charge is 0.402 e. The lowest BCUT2D eigenvalue weighted by atomic mass is 9.81. The van der Waals surface area contributed by atoms with Crippen molar-refractivity contribution in [3.63, 3.8) is 0 Å². The second-order valence-electron chi connectivity index (χ2n) is 3.66. The molecule has 0 saturated carbocycles. The Kier molecular flexibility index (Phi) is 2.30. The quantitative estimate of drug-likeness (QED) is 0.573. The van der Waals surface area contributed by atoms with Gasteiger partial charge in [0, 0.05) is 5.70 Å². The van der Waals surface area contributed by atoms with Gasteiger partial charge in [0.25, 0.3) is 0 Å². The van der Waals surface area contributed by atoms with Crippen LogP contribution in [0.2, 0.25) is 0 Å². The van der Waals surface area contributed by atoms with E-state index in [2.05, 4.69) is 34.3 Å². The van der Waals surface area contributed by atoms with Crippen molar-refractivity contribution in [2.75, 3.05) is 0 Å². The minimum atomic E-state index is 0.256. The Hall–Kier alpha value is -0.460. The van der Waals surface area contributed by atoms with Gasteiger partial charge in [-0.3, -0.25) is 0 Å². The monoisotopic (exact) mass is 127 g/mol. The van der Waals surface area contributed by atoms with Gasteiger partial charge in [-0.05, 0) is 11.3 Å². The molecule has 0 radical (unpaired) electrons. The van der Waals surface area contributed by atoms with E-state index in [9.17, 15) is 0 Å². The van der Waals surface area contributed by atoms with Crippen molar-refractivity contribution in [1.29, 1.82) is 0 Å². The first-order valence-corrected chi connectivity index (χ1v) is 3.30. The van der Waals surface area contributed by atoms with Crippen LogP contribution in [0.5, 0.6) is 0 Å². The standard InChI is InChI=1S/C8H17N/c1-6(7(2)9)8(3,4)5/h6H,2,9H2,1,3-5H3. The fraction of sp³-hybridized carbons (Fsp3) is 0.750. The molecule has 1 nitrogen and oxygen atoms in total. The van der Waals surface area contributed by atoms with E-state index in [0.29, 0.717) is 5.92 Å². The molecule has 0 aromatic rings. The van der Waals surface area contributed by atoms with Crippen LogP contribution in [0, 0.1) is 11.3 Å². The molecule has 0 aromatic carbocycles. The van der Waals surface area contributed by atoms with Crippen molar-refractivity contribution in [1.82, 2.24) is 0 Å². The van der Waals surface area contributed by atoms with Crippen molar-refractivity contribution in [3.8, 4) is 0 Å². The van der Waals surface area contributed by atoms with Gasteiger partial charge in [0.05, 0.1) is 0 Å². The molecule has 0 spiro atoms. The van der Waals surface area contributed by atoms with E-state index in [1.165, 1.54) is 0 Å². The molecule has 0 aliphatic heterocycles. The fourth-order valence-corrected chi connectivity index (χ4v) is 0.556. The summed E-state index contributed by atoms with van der Waals surface area (Å²) in [7, 11) is 0. The Morgan fingerprint density at radius 2 is 1.78 bits per heavy atom. The van der Waals surface area contributed by atoms with E-state index < -0.39 is 0 Å². The van der Waals surface area contributed by atoms with Gasteiger partial charge in [-0.25, -0.2) is 0 Å².